The largest absolute Gasteiger partial charge is 0.389 e. The molecule has 2 rings (SSSR count). The van der Waals surface area contributed by atoms with Gasteiger partial charge in [0.1, 0.15) is 0 Å². The molecular formula is C17H21ClN2O3. The molecule has 0 spiro atoms. The van der Waals surface area contributed by atoms with Crippen molar-refractivity contribution in [1.82, 2.24) is 9.55 Å². The number of aliphatic hydroxyl groups excluding tert-OH is 1. The van der Waals surface area contributed by atoms with Crippen LogP contribution in [0.2, 0.25) is 5.02 Å². The van der Waals surface area contributed by atoms with Crippen LogP contribution in [0, 0.1) is 13.8 Å². The van der Waals surface area contributed by atoms with Gasteiger partial charge in [-0.2, -0.15) is 0 Å². The van der Waals surface area contributed by atoms with Gasteiger partial charge < -0.3 is 9.84 Å². The van der Waals surface area contributed by atoms with E-state index in [-0.39, 0.29) is 24.8 Å². The number of aryl methyl sites for hydroxylation is 1. The first-order valence-corrected chi connectivity index (χ1v) is 7.84. The van der Waals surface area contributed by atoms with Gasteiger partial charge in [-0.05, 0) is 38.5 Å². The Kier molecular flexibility index (Phi) is 5.93. The molecule has 0 bridgehead atoms. The van der Waals surface area contributed by atoms with Crippen molar-refractivity contribution >= 4 is 11.6 Å². The van der Waals surface area contributed by atoms with Crippen molar-refractivity contribution in [3.05, 3.63) is 62.8 Å². The first kappa shape index (κ1) is 17.7. The van der Waals surface area contributed by atoms with E-state index in [4.69, 9.17) is 16.3 Å². The third-order valence-electron chi connectivity index (χ3n) is 3.80. The fraction of sp³-hybridized carbons (Fsp3) is 0.412. The lowest BCUT2D eigenvalue weighted by atomic mass is 10.1. The van der Waals surface area contributed by atoms with Crippen molar-refractivity contribution in [2.24, 2.45) is 0 Å². The highest BCUT2D eigenvalue weighted by Gasteiger charge is 2.12. The zero-order valence-corrected chi connectivity index (χ0v) is 14.2. The van der Waals surface area contributed by atoms with Crippen LogP contribution < -0.4 is 5.56 Å². The van der Waals surface area contributed by atoms with Crippen molar-refractivity contribution in [3.8, 4) is 0 Å². The first-order valence-electron chi connectivity index (χ1n) is 7.46. The van der Waals surface area contributed by atoms with E-state index in [2.05, 4.69) is 4.98 Å². The van der Waals surface area contributed by atoms with Crippen LogP contribution in [0.3, 0.4) is 0 Å². The molecule has 0 radical (unpaired) electrons. The molecule has 23 heavy (non-hydrogen) atoms. The summed E-state index contributed by atoms with van der Waals surface area (Å²) in [5.41, 5.74) is 2.14. The Bertz CT molecular complexity index is 713. The van der Waals surface area contributed by atoms with Crippen molar-refractivity contribution in [2.75, 3.05) is 6.61 Å². The number of nitrogens with zero attached hydrogens (tertiary/aromatic N) is 2. The van der Waals surface area contributed by atoms with E-state index >= 15 is 0 Å². The molecule has 1 N–H and O–H groups in total. The van der Waals surface area contributed by atoms with E-state index in [0.29, 0.717) is 16.3 Å². The maximum Gasteiger partial charge on any atom is 0.256 e. The fourth-order valence-corrected chi connectivity index (χ4v) is 2.30. The Morgan fingerprint density at radius 1 is 1.30 bits per heavy atom. The third kappa shape index (κ3) is 4.64. The summed E-state index contributed by atoms with van der Waals surface area (Å²) in [6, 6.07) is 7.37. The Hall–Kier alpha value is -1.69. The van der Waals surface area contributed by atoms with Crippen LogP contribution in [0.1, 0.15) is 29.8 Å². The lowest BCUT2D eigenvalue weighted by molar-refractivity contribution is -0.00918. The molecule has 6 heteroatoms. The Morgan fingerprint density at radius 3 is 2.61 bits per heavy atom. The minimum atomic E-state index is -0.786. The highest BCUT2D eigenvalue weighted by Crippen LogP contribution is 2.19. The van der Waals surface area contributed by atoms with Crippen LogP contribution in [-0.4, -0.2) is 27.4 Å². The molecule has 0 aliphatic rings. The highest BCUT2D eigenvalue weighted by atomic mass is 35.5. The maximum absolute atomic E-state index is 12.1. The molecular weight excluding hydrogens is 316 g/mol. The Balaban J connectivity index is 1.92. The number of ether oxygens (including phenoxy) is 1. The van der Waals surface area contributed by atoms with Gasteiger partial charge in [0.05, 0.1) is 31.7 Å². The summed E-state index contributed by atoms with van der Waals surface area (Å²) in [5.74, 6) is 0. The third-order valence-corrected chi connectivity index (χ3v) is 4.05. The van der Waals surface area contributed by atoms with E-state index in [0.717, 1.165) is 5.56 Å². The molecule has 0 fully saturated rings. The Morgan fingerprint density at radius 2 is 1.96 bits per heavy atom. The minimum absolute atomic E-state index is 0.128. The molecule has 1 heterocycles. The lowest BCUT2D eigenvalue weighted by Crippen LogP contribution is -2.31. The standard InChI is InChI=1S/C17H21ClN2O3/c1-11-12(2)19-10-20(17(11)22)8-16(21)9-23-13(3)14-4-6-15(18)7-5-14/h4-7,10,13,16,21H,8-9H2,1-3H3/t13-,16-/m0/s1. The van der Waals surface area contributed by atoms with Gasteiger partial charge in [0.15, 0.2) is 0 Å². The van der Waals surface area contributed by atoms with Gasteiger partial charge in [-0.1, -0.05) is 23.7 Å². The van der Waals surface area contributed by atoms with Gasteiger partial charge in [0.25, 0.3) is 5.56 Å². The summed E-state index contributed by atoms with van der Waals surface area (Å²) in [6.45, 7) is 5.70. The number of rotatable bonds is 6. The average molecular weight is 337 g/mol. The topological polar surface area (TPSA) is 64.3 Å². The van der Waals surface area contributed by atoms with Crippen LogP contribution in [0.15, 0.2) is 35.4 Å². The van der Waals surface area contributed by atoms with Crippen LogP contribution in [0.25, 0.3) is 0 Å². The second-order valence-corrected chi connectivity index (χ2v) is 6.03. The van der Waals surface area contributed by atoms with E-state index in [1.165, 1.54) is 10.9 Å². The van der Waals surface area contributed by atoms with Crippen molar-refractivity contribution in [2.45, 2.75) is 39.5 Å². The van der Waals surface area contributed by atoms with E-state index in [9.17, 15) is 9.90 Å². The van der Waals surface area contributed by atoms with E-state index < -0.39 is 6.10 Å². The fourth-order valence-electron chi connectivity index (χ4n) is 2.17. The minimum Gasteiger partial charge on any atom is -0.389 e. The summed E-state index contributed by atoms with van der Waals surface area (Å²) in [7, 11) is 0. The predicted octanol–water partition coefficient (Wildman–Crippen LogP) is 2.65. The SMILES string of the molecule is Cc1ncn(C[C@H](O)CO[C@@H](C)c2ccc(Cl)cc2)c(=O)c1C. The van der Waals surface area contributed by atoms with E-state index in [1.807, 2.05) is 19.1 Å². The molecule has 0 saturated heterocycles. The maximum atomic E-state index is 12.1. The summed E-state index contributed by atoms with van der Waals surface area (Å²) in [4.78, 5) is 16.2. The summed E-state index contributed by atoms with van der Waals surface area (Å²) in [6.07, 6.45) is 0.499. The van der Waals surface area contributed by atoms with Crippen molar-refractivity contribution < 1.29 is 9.84 Å². The zero-order valence-electron chi connectivity index (χ0n) is 13.5. The molecule has 5 nitrogen and oxygen atoms in total. The number of aromatic nitrogens is 2. The highest BCUT2D eigenvalue weighted by molar-refractivity contribution is 6.30. The molecule has 0 saturated carbocycles. The monoisotopic (exact) mass is 336 g/mol. The molecule has 2 aromatic rings. The molecule has 0 aliphatic carbocycles. The van der Waals surface area contributed by atoms with Gasteiger partial charge in [0, 0.05) is 16.3 Å². The summed E-state index contributed by atoms with van der Waals surface area (Å²) >= 11 is 5.85. The van der Waals surface area contributed by atoms with Gasteiger partial charge in [-0.15, -0.1) is 0 Å². The molecule has 0 amide bonds. The quantitative estimate of drug-likeness (QED) is 0.880. The van der Waals surface area contributed by atoms with Crippen LogP contribution in [0.5, 0.6) is 0 Å². The zero-order chi connectivity index (χ0) is 17.0. The van der Waals surface area contributed by atoms with Crippen molar-refractivity contribution in [1.29, 1.82) is 0 Å². The number of halogens is 1. The smallest absolute Gasteiger partial charge is 0.256 e. The van der Waals surface area contributed by atoms with Gasteiger partial charge >= 0.3 is 0 Å². The van der Waals surface area contributed by atoms with Crippen LogP contribution >= 0.6 is 11.6 Å². The molecule has 2 atom stereocenters. The number of hydrogen-bond acceptors (Lipinski definition) is 4. The average Bonchev–Trinajstić information content (AvgIpc) is 2.54. The lowest BCUT2D eigenvalue weighted by Gasteiger charge is -2.18. The molecule has 0 unspecified atom stereocenters. The van der Waals surface area contributed by atoms with Crippen LogP contribution in [0.4, 0.5) is 0 Å². The van der Waals surface area contributed by atoms with Crippen LogP contribution in [-0.2, 0) is 11.3 Å². The molecule has 124 valence electrons. The van der Waals surface area contributed by atoms with Gasteiger partial charge in [-0.3, -0.25) is 9.36 Å². The molecule has 0 aliphatic heterocycles. The number of hydrogen-bond donors (Lipinski definition) is 1. The second-order valence-electron chi connectivity index (χ2n) is 5.59. The normalized spacial score (nSPS) is 13.8. The van der Waals surface area contributed by atoms with Gasteiger partial charge in [0.2, 0.25) is 0 Å². The van der Waals surface area contributed by atoms with Gasteiger partial charge in [-0.25, -0.2) is 4.98 Å². The summed E-state index contributed by atoms with van der Waals surface area (Å²) in [5, 5.41) is 10.8. The Labute approximate surface area is 140 Å². The van der Waals surface area contributed by atoms with E-state index in [1.54, 1.807) is 26.0 Å². The number of benzene rings is 1. The second kappa shape index (κ2) is 7.73. The predicted molar refractivity (Wildman–Crippen MR) is 89.8 cm³/mol. The summed E-state index contributed by atoms with van der Waals surface area (Å²) < 4.78 is 7.07. The first-order chi connectivity index (χ1) is 10.9. The van der Waals surface area contributed by atoms with Crippen molar-refractivity contribution in [3.63, 3.8) is 0 Å². The number of aliphatic hydroxyl groups is 1. The molecule has 1 aromatic heterocycles. The molecule has 1 aromatic carbocycles.